The van der Waals surface area contributed by atoms with Crippen molar-refractivity contribution in [2.24, 2.45) is 0 Å². The van der Waals surface area contributed by atoms with E-state index in [0.29, 0.717) is 36.8 Å². The summed E-state index contributed by atoms with van der Waals surface area (Å²) in [4.78, 5) is 12.2. The highest BCUT2D eigenvalue weighted by Gasteiger charge is 2.08. The number of aryl methyl sites for hydroxylation is 2. The summed E-state index contributed by atoms with van der Waals surface area (Å²) in [6.07, 6.45) is 1.06. The highest BCUT2D eigenvalue weighted by atomic mass is 16.5. The van der Waals surface area contributed by atoms with Crippen LogP contribution in [0.3, 0.4) is 0 Å². The van der Waals surface area contributed by atoms with E-state index in [9.17, 15) is 4.79 Å². The molecule has 0 aromatic heterocycles. The Morgan fingerprint density at radius 2 is 1.88 bits per heavy atom. The fourth-order valence-electron chi connectivity index (χ4n) is 2.94. The van der Waals surface area contributed by atoms with Gasteiger partial charge in [-0.05, 0) is 67.1 Å². The summed E-state index contributed by atoms with van der Waals surface area (Å²) in [6.45, 7) is 8.97. The maximum absolute atomic E-state index is 12.2. The summed E-state index contributed by atoms with van der Waals surface area (Å²) < 4.78 is 11.1. The van der Waals surface area contributed by atoms with Crippen LogP contribution in [0.15, 0.2) is 36.4 Å². The van der Waals surface area contributed by atoms with E-state index >= 15 is 0 Å². The molecule has 0 fully saturated rings. The Morgan fingerprint density at radius 1 is 1.12 bits per heavy atom. The van der Waals surface area contributed by atoms with Crippen molar-refractivity contribution in [2.45, 2.75) is 46.5 Å². The number of nitrogens with one attached hydrogen (secondary N) is 1. The number of anilines is 1. The van der Waals surface area contributed by atoms with Crippen molar-refractivity contribution in [2.75, 3.05) is 19.0 Å². The molecule has 0 aliphatic heterocycles. The molecule has 0 aliphatic carbocycles. The molecule has 2 rings (SSSR count). The zero-order chi connectivity index (χ0) is 19.1. The van der Waals surface area contributed by atoms with Crippen LogP contribution in [-0.4, -0.2) is 19.6 Å². The molecule has 0 atom stereocenters. The van der Waals surface area contributed by atoms with Gasteiger partial charge in [0.15, 0.2) is 0 Å². The lowest BCUT2D eigenvalue weighted by molar-refractivity contribution is -0.116. The first kappa shape index (κ1) is 19.8. The molecular weight excluding hydrogens is 326 g/mol. The maximum atomic E-state index is 12.2. The van der Waals surface area contributed by atoms with Crippen molar-refractivity contribution in [1.29, 1.82) is 0 Å². The first-order valence-electron chi connectivity index (χ1n) is 9.08. The van der Waals surface area contributed by atoms with Gasteiger partial charge in [0.2, 0.25) is 5.91 Å². The Morgan fingerprint density at radius 3 is 2.54 bits per heavy atom. The lowest BCUT2D eigenvalue weighted by Crippen LogP contribution is -2.13. The van der Waals surface area contributed by atoms with Crippen molar-refractivity contribution in [1.82, 2.24) is 0 Å². The molecule has 4 heteroatoms. The second-order valence-electron chi connectivity index (χ2n) is 6.88. The van der Waals surface area contributed by atoms with Gasteiger partial charge in [0.05, 0.1) is 19.4 Å². The van der Waals surface area contributed by atoms with Gasteiger partial charge in [-0.1, -0.05) is 26.0 Å². The lowest BCUT2D eigenvalue weighted by Gasteiger charge is -2.13. The normalized spacial score (nSPS) is 10.7. The second-order valence-corrected chi connectivity index (χ2v) is 6.88. The third-order valence-electron chi connectivity index (χ3n) is 4.31. The van der Waals surface area contributed by atoms with Gasteiger partial charge in [-0.2, -0.15) is 0 Å². The minimum absolute atomic E-state index is 0.0381. The van der Waals surface area contributed by atoms with Crippen LogP contribution in [0.1, 0.15) is 49.3 Å². The summed E-state index contributed by atoms with van der Waals surface area (Å²) in [5.41, 5.74) is 4.36. The van der Waals surface area contributed by atoms with E-state index < -0.39 is 0 Å². The van der Waals surface area contributed by atoms with Crippen LogP contribution in [0.5, 0.6) is 11.5 Å². The van der Waals surface area contributed by atoms with Crippen LogP contribution < -0.4 is 14.8 Å². The number of benzene rings is 2. The molecule has 2 aromatic carbocycles. The van der Waals surface area contributed by atoms with Gasteiger partial charge in [-0.15, -0.1) is 0 Å². The van der Waals surface area contributed by atoms with Crippen molar-refractivity contribution in [3.05, 3.63) is 53.1 Å². The fraction of sp³-hybridized carbons (Fsp3) is 0.409. The molecular formula is C22H29NO3. The molecule has 1 amide bonds. The van der Waals surface area contributed by atoms with Gasteiger partial charge < -0.3 is 14.8 Å². The standard InChI is InChI=1S/C22H29NO3/c1-15(2)19-10-9-18(14-17(19)4)26-12-6-7-22(24)23-20-13-16(3)8-11-21(20)25-5/h8-11,13-15H,6-7,12H2,1-5H3,(H,23,24). The average Bonchev–Trinajstić information content (AvgIpc) is 2.58. The predicted molar refractivity (Wildman–Crippen MR) is 106 cm³/mol. The van der Waals surface area contributed by atoms with E-state index in [1.165, 1.54) is 11.1 Å². The Kier molecular flexibility index (Phi) is 7.07. The second kappa shape index (κ2) is 9.27. The molecule has 0 bridgehead atoms. The number of ether oxygens (including phenoxy) is 2. The number of carbonyl (C=O) groups is 1. The van der Waals surface area contributed by atoms with Crippen LogP contribution in [0.25, 0.3) is 0 Å². The van der Waals surface area contributed by atoms with Gasteiger partial charge in [-0.25, -0.2) is 0 Å². The van der Waals surface area contributed by atoms with Crippen molar-refractivity contribution >= 4 is 11.6 Å². The van der Waals surface area contributed by atoms with Crippen LogP contribution >= 0.6 is 0 Å². The van der Waals surface area contributed by atoms with E-state index in [2.05, 4.69) is 38.2 Å². The van der Waals surface area contributed by atoms with E-state index in [1.807, 2.05) is 31.2 Å². The molecule has 0 spiro atoms. The molecule has 0 saturated heterocycles. The Bertz CT molecular complexity index is 753. The SMILES string of the molecule is COc1ccc(C)cc1NC(=O)CCCOc1ccc(C(C)C)c(C)c1. The van der Waals surface area contributed by atoms with E-state index in [0.717, 1.165) is 11.3 Å². The number of carbonyl (C=O) groups excluding carboxylic acids is 1. The smallest absolute Gasteiger partial charge is 0.224 e. The van der Waals surface area contributed by atoms with Crippen LogP contribution in [0.2, 0.25) is 0 Å². The first-order valence-corrected chi connectivity index (χ1v) is 9.08. The van der Waals surface area contributed by atoms with Crippen molar-refractivity contribution in [3.8, 4) is 11.5 Å². The molecule has 26 heavy (non-hydrogen) atoms. The van der Waals surface area contributed by atoms with Crippen molar-refractivity contribution in [3.63, 3.8) is 0 Å². The van der Waals surface area contributed by atoms with Gasteiger partial charge in [0.1, 0.15) is 11.5 Å². The quantitative estimate of drug-likeness (QED) is 0.659. The maximum Gasteiger partial charge on any atom is 0.224 e. The molecule has 0 unspecified atom stereocenters. The summed E-state index contributed by atoms with van der Waals surface area (Å²) in [6, 6.07) is 11.9. The Balaban J connectivity index is 1.80. The summed E-state index contributed by atoms with van der Waals surface area (Å²) in [5.74, 6) is 1.99. The number of hydrogen-bond donors (Lipinski definition) is 1. The number of rotatable bonds is 8. The third kappa shape index (κ3) is 5.51. The lowest BCUT2D eigenvalue weighted by atomic mass is 9.98. The zero-order valence-electron chi connectivity index (χ0n) is 16.4. The minimum Gasteiger partial charge on any atom is -0.495 e. The topological polar surface area (TPSA) is 47.6 Å². The highest BCUT2D eigenvalue weighted by molar-refractivity contribution is 5.92. The number of hydrogen-bond acceptors (Lipinski definition) is 3. The zero-order valence-corrected chi connectivity index (χ0v) is 16.4. The molecule has 2 aromatic rings. The van der Waals surface area contributed by atoms with Gasteiger partial charge in [0, 0.05) is 6.42 Å². The van der Waals surface area contributed by atoms with Gasteiger partial charge in [-0.3, -0.25) is 4.79 Å². The Hall–Kier alpha value is -2.49. The van der Waals surface area contributed by atoms with Gasteiger partial charge >= 0.3 is 0 Å². The molecule has 0 heterocycles. The summed E-state index contributed by atoms with van der Waals surface area (Å²) >= 11 is 0. The number of methoxy groups -OCH3 is 1. The summed E-state index contributed by atoms with van der Waals surface area (Å²) in [7, 11) is 1.60. The van der Waals surface area contributed by atoms with E-state index in [-0.39, 0.29) is 5.91 Å². The predicted octanol–water partition coefficient (Wildman–Crippen LogP) is 5.23. The minimum atomic E-state index is -0.0381. The molecule has 0 aliphatic rings. The van der Waals surface area contributed by atoms with E-state index in [4.69, 9.17) is 9.47 Å². The fourth-order valence-corrected chi connectivity index (χ4v) is 2.94. The largest absolute Gasteiger partial charge is 0.495 e. The Labute approximate surface area is 156 Å². The van der Waals surface area contributed by atoms with Gasteiger partial charge in [0.25, 0.3) is 0 Å². The molecule has 0 saturated carbocycles. The van der Waals surface area contributed by atoms with Crippen molar-refractivity contribution < 1.29 is 14.3 Å². The molecule has 4 nitrogen and oxygen atoms in total. The van der Waals surface area contributed by atoms with E-state index in [1.54, 1.807) is 7.11 Å². The third-order valence-corrected chi connectivity index (χ3v) is 4.31. The van der Waals surface area contributed by atoms with Crippen LogP contribution in [-0.2, 0) is 4.79 Å². The molecule has 140 valence electrons. The molecule has 1 N–H and O–H groups in total. The monoisotopic (exact) mass is 355 g/mol. The van der Waals surface area contributed by atoms with Crippen LogP contribution in [0, 0.1) is 13.8 Å². The number of amides is 1. The summed E-state index contributed by atoms with van der Waals surface area (Å²) in [5, 5.41) is 2.91. The first-order chi connectivity index (χ1) is 12.4. The average molecular weight is 355 g/mol. The van der Waals surface area contributed by atoms with Crippen LogP contribution in [0.4, 0.5) is 5.69 Å². The highest BCUT2D eigenvalue weighted by Crippen LogP contribution is 2.26. The molecule has 0 radical (unpaired) electrons.